The van der Waals surface area contributed by atoms with Gasteiger partial charge in [-0.15, -0.1) is 11.6 Å². The van der Waals surface area contributed by atoms with Gasteiger partial charge in [0.15, 0.2) is 5.78 Å². The number of rotatable bonds is 4. The van der Waals surface area contributed by atoms with Crippen molar-refractivity contribution >= 4 is 17.4 Å². The Kier molecular flexibility index (Phi) is 4.37. The molecular weight excluding hydrogens is 172 g/mol. The van der Waals surface area contributed by atoms with Crippen LogP contribution in [0.1, 0.15) is 38.5 Å². The molecule has 0 atom stereocenters. The van der Waals surface area contributed by atoms with Gasteiger partial charge < -0.3 is 0 Å². The molecule has 1 rings (SSSR count). The van der Waals surface area contributed by atoms with E-state index in [1.165, 1.54) is 0 Å². The van der Waals surface area contributed by atoms with Crippen LogP contribution in [0.25, 0.3) is 0 Å². The molecule has 68 valence electrons. The molecule has 1 aliphatic carbocycles. The summed E-state index contributed by atoms with van der Waals surface area (Å²) in [5.41, 5.74) is 1.05. The van der Waals surface area contributed by atoms with Gasteiger partial charge in [-0.05, 0) is 37.7 Å². The highest BCUT2D eigenvalue weighted by atomic mass is 35.5. The number of allylic oxidation sites excluding steroid dienone is 2. The predicted molar refractivity (Wildman–Crippen MR) is 51.5 cm³/mol. The van der Waals surface area contributed by atoms with Gasteiger partial charge in [-0.3, -0.25) is 4.79 Å². The number of halogens is 1. The van der Waals surface area contributed by atoms with Crippen molar-refractivity contribution in [3.05, 3.63) is 11.6 Å². The van der Waals surface area contributed by atoms with E-state index in [1.807, 2.05) is 0 Å². The zero-order valence-electron chi connectivity index (χ0n) is 7.31. The maximum absolute atomic E-state index is 11.3. The molecule has 1 nitrogen and oxygen atoms in total. The molecule has 0 aliphatic heterocycles. The maximum Gasteiger partial charge on any atom is 0.158 e. The standard InChI is InChI=1S/C10H15ClO/c11-8-4-3-6-9-5-1-2-7-10(9)12/h5H,1-4,6-8H2. The first-order valence-corrected chi connectivity index (χ1v) is 5.16. The average molecular weight is 187 g/mol. The van der Waals surface area contributed by atoms with Crippen molar-refractivity contribution in [3.8, 4) is 0 Å². The summed E-state index contributed by atoms with van der Waals surface area (Å²) in [5.74, 6) is 1.07. The number of Topliss-reactive ketones (excluding diaryl/α,β-unsaturated/α-hetero) is 1. The molecule has 0 N–H and O–H groups in total. The first-order chi connectivity index (χ1) is 5.84. The van der Waals surface area contributed by atoms with E-state index in [4.69, 9.17) is 11.6 Å². The first kappa shape index (κ1) is 9.79. The van der Waals surface area contributed by atoms with Gasteiger partial charge in [-0.2, -0.15) is 0 Å². The molecule has 0 saturated carbocycles. The summed E-state index contributed by atoms with van der Waals surface area (Å²) in [5, 5.41) is 0. The van der Waals surface area contributed by atoms with Crippen molar-refractivity contribution in [2.24, 2.45) is 0 Å². The van der Waals surface area contributed by atoms with Gasteiger partial charge in [0.2, 0.25) is 0 Å². The van der Waals surface area contributed by atoms with E-state index in [2.05, 4.69) is 6.08 Å². The summed E-state index contributed by atoms with van der Waals surface area (Å²) < 4.78 is 0. The number of alkyl halides is 1. The number of hydrogen-bond acceptors (Lipinski definition) is 1. The third-order valence-electron chi connectivity index (χ3n) is 2.19. The van der Waals surface area contributed by atoms with Crippen molar-refractivity contribution in [3.63, 3.8) is 0 Å². The van der Waals surface area contributed by atoms with E-state index in [0.717, 1.165) is 44.1 Å². The molecule has 0 bridgehead atoms. The number of carbonyl (C=O) groups excluding carboxylic acids is 1. The van der Waals surface area contributed by atoms with Crippen molar-refractivity contribution in [1.29, 1.82) is 0 Å². The topological polar surface area (TPSA) is 17.1 Å². The first-order valence-electron chi connectivity index (χ1n) is 4.63. The van der Waals surface area contributed by atoms with E-state index >= 15 is 0 Å². The zero-order valence-corrected chi connectivity index (χ0v) is 8.07. The van der Waals surface area contributed by atoms with E-state index < -0.39 is 0 Å². The smallest absolute Gasteiger partial charge is 0.158 e. The van der Waals surface area contributed by atoms with Crippen molar-refractivity contribution in [2.45, 2.75) is 38.5 Å². The van der Waals surface area contributed by atoms with Crippen molar-refractivity contribution < 1.29 is 4.79 Å². The summed E-state index contributed by atoms with van der Waals surface area (Å²) in [6, 6.07) is 0. The lowest BCUT2D eigenvalue weighted by Crippen LogP contribution is -2.06. The molecule has 0 unspecified atom stereocenters. The summed E-state index contributed by atoms with van der Waals surface area (Å²) in [4.78, 5) is 11.3. The van der Waals surface area contributed by atoms with Crippen LogP contribution in [0, 0.1) is 0 Å². The van der Waals surface area contributed by atoms with E-state index in [0.29, 0.717) is 11.7 Å². The second-order valence-electron chi connectivity index (χ2n) is 3.19. The molecule has 0 saturated heterocycles. The lowest BCUT2D eigenvalue weighted by molar-refractivity contribution is -0.116. The summed E-state index contributed by atoms with van der Waals surface area (Å²) in [6.07, 6.45) is 7.99. The Balaban J connectivity index is 2.29. The van der Waals surface area contributed by atoms with Crippen LogP contribution in [0.5, 0.6) is 0 Å². The Morgan fingerprint density at radius 1 is 1.42 bits per heavy atom. The van der Waals surface area contributed by atoms with Gasteiger partial charge in [0.05, 0.1) is 0 Å². The lowest BCUT2D eigenvalue weighted by Gasteiger charge is -2.10. The van der Waals surface area contributed by atoms with Crippen LogP contribution >= 0.6 is 11.6 Å². The van der Waals surface area contributed by atoms with Gasteiger partial charge in [0, 0.05) is 12.3 Å². The fraction of sp³-hybridized carbons (Fsp3) is 0.700. The fourth-order valence-electron chi connectivity index (χ4n) is 1.46. The molecule has 0 amide bonds. The molecule has 0 fully saturated rings. The summed E-state index contributed by atoms with van der Waals surface area (Å²) in [6.45, 7) is 0. The van der Waals surface area contributed by atoms with Gasteiger partial charge in [0.25, 0.3) is 0 Å². The molecule has 2 heteroatoms. The van der Waals surface area contributed by atoms with E-state index in [9.17, 15) is 4.79 Å². The van der Waals surface area contributed by atoms with Crippen LogP contribution in [0.3, 0.4) is 0 Å². The average Bonchev–Trinajstić information content (AvgIpc) is 2.09. The minimum atomic E-state index is 0.357. The largest absolute Gasteiger partial charge is 0.295 e. The zero-order chi connectivity index (χ0) is 8.81. The molecule has 1 aliphatic rings. The third kappa shape index (κ3) is 2.98. The van der Waals surface area contributed by atoms with Gasteiger partial charge in [0.1, 0.15) is 0 Å². The van der Waals surface area contributed by atoms with Crippen LogP contribution in [0.2, 0.25) is 0 Å². The molecule has 12 heavy (non-hydrogen) atoms. The SMILES string of the molecule is O=C1CCCC=C1CCCCCl. The second kappa shape index (κ2) is 5.36. The molecule has 0 radical (unpaired) electrons. The highest BCUT2D eigenvalue weighted by Gasteiger charge is 2.12. The Morgan fingerprint density at radius 3 is 2.92 bits per heavy atom. The van der Waals surface area contributed by atoms with Crippen LogP contribution in [0.15, 0.2) is 11.6 Å². The van der Waals surface area contributed by atoms with Crippen LogP contribution < -0.4 is 0 Å². The van der Waals surface area contributed by atoms with Crippen LogP contribution in [0.4, 0.5) is 0 Å². The Hall–Kier alpha value is -0.300. The molecule has 0 aromatic heterocycles. The maximum atomic E-state index is 11.3. The third-order valence-corrected chi connectivity index (χ3v) is 2.45. The predicted octanol–water partition coefficient (Wildman–Crippen LogP) is 3.07. The molecule has 0 heterocycles. The van der Waals surface area contributed by atoms with Crippen LogP contribution in [-0.4, -0.2) is 11.7 Å². The quantitative estimate of drug-likeness (QED) is 0.487. The number of hydrogen-bond donors (Lipinski definition) is 0. The minimum Gasteiger partial charge on any atom is -0.295 e. The minimum absolute atomic E-state index is 0.357. The summed E-state index contributed by atoms with van der Waals surface area (Å²) in [7, 11) is 0. The Morgan fingerprint density at radius 2 is 2.25 bits per heavy atom. The highest BCUT2D eigenvalue weighted by Crippen LogP contribution is 2.18. The van der Waals surface area contributed by atoms with E-state index in [1.54, 1.807) is 0 Å². The number of unbranched alkanes of at least 4 members (excludes halogenated alkanes) is 1. The van der Waals surface area contributed by atoms with Gasteiger partial charge >= 0.3 is 0 Å². The van der Waals surface area contributed by atoms with E-state index in [-0.39, 0.29) is 0 Å². The Bertz CT molecular complexity index is 184. The summed E-state index contributed by atoms with van der Waals surface area (Å²) >= 11 is 5.55. The molecular formula is C10H15ClO. The highest BCUT2D eigenvalue weighted by molar-refractivity contribution is 6.17. The van der Waals surface area contributed by atoms with Crippen molar-refractivity contribution in [2.75, 3.05) is 5.88 Å². The van der Waals surface area contributed by atoms with Crippen LogP contribution in [-0.2, 0) is 4.79 Å². The van der Waals surface area contributed by atoms with Gasteiger partial charge in [-0.1, -0.05) is 6.08 Å². The number of ketones is 1. The number of carbonyl (C=O) groups is 1. The normalized spacial score (nSPS) is 17.8. The lowest BCUT2D eigenvalue weighted by atomic mass is 9.94. The van der Waals surface area contributed by atoms with Gasteiger partial charge in [-0.25, -0.2) is 0 Å². The molecule has 0 aromatic carbocycles. The molecule has 0 spiro atoms. The van der Waals surface area contributed by atoms with Crippen molar-refractivity contribution in [1.82, 2.24) is 0 Å². The second-order valence-corrected chi connectivity index (χ2v) is 3.57. The Labute approximate surface area is 78.8 Å². The molecule has 0 aromatic rings. The monoisotopic (exact) mass is 186 g/mol. The fourth-order valence-corrected chi connectivity index (χ4v) is 1.65.